The van der Waals surface area contributed by atoms with Crippen LogP contribution in [0.4, 0.5) is 0 Å². The molecule has 0 saturated carbocycles. The molecule has 0 aliphatic rings. The van der Waals surface area contributed by atoms with Gasteiger partial charge in [0.2, 0.25) is 0 Å². The van der Waals surface area contributed by atoms with Gasteiger partial charge in [-0.25, -0.2) is 14.8 Å². The second-order valence-electron chi connectivity index (χ2n) is 4.11. The minimum Gasteiger partial charge on any atom is -0.290 e. The molecule has 1 N–H and O–H groups in total. The summed E-state index contributed by atoms with van der Waals surface area (Å²) in [6.45, 7) is 4.41. The second-order valence-corrected chi connectivity index (χ2v) is 4.11. The van der Waals surface area contributed by atoms with Gasteiger partial charge in [0.25, 0.3) is 5.56 Å². The number of nitrogens with zero attached hydrogens (tertiary/aromatic N) is 3. The first-order valence-electron chi connectivity index (χ1n) is 5.57. The van der Waals surface area contributed by atoms with Crippen LogP contribution in [-0.2, 0) is 6.54 Å². The molecule has 2 aromatic heterocycles. The van der Waals surface area contributed by atoms with Gasteiger partial charge in [0, 0.05) is 18.9 Å². The molecule has 1 unspecified atom stereocenters. The van der Waals surface area contributed by atoms with Crippen molar-refractivity contribution in [1.29, 1.82) is 0 Å². The van der Waals surface area contributed by atoms with Gasteiger partial charge in [-0.3, -0.25) is 14.3 Å². The molecule has 2 rings (SSSR count). The van der Waals surface area contributed by atoms with E-state index >= 15 is 0 Å². The molecule has 0 radical (unpaired) electrons. The van der Waals surface area contributed by atoms with Crippen LogP contribution in [0.25, 0.3) is 11.2 Å². The van der Waals surface area contributed by atoms with Crippen LogP contribution in [-0.4, -0.2) is 19.5 Å². The van der Waals surface area contributed by atoms with E-state index in [2.05, 4.69) is 15.0 Å². The molecule has 90 valence electrons. The topological polar surface area (TPSA) is 80.6 Å². The molecule has 0 saturated heterocycles. The lowest BCUT2D eigenvalue weighted by Gasteiger charge is -2.10. The summed E-state index contributed by atoms with van der Waals surface area (Å²) in [6, 6.07) is 0. The molecule has 17 heavy (non-hydrogen) atoms. The second kappa shape index (κ2) is 4.48. The highest BCUT2D eigenvalue weighted by atomic mass is 16.2. The summed E-state index contributed by atoms with van der Waals surface area (Å²) >= 11 is 0. The molecule has 0 aliphatic heterocycles. The maximum atomic E-state index is 12.0. The summed E-state index contributed by atoms with van der Waals surface area (Å²) in [6.07, 6.45) is 3.79. The molecule has 1 atom stereocenters. The summed E-state index contributed by atoms with van der Waals surface area (Å²) in [5.41, 5.74) is -0.362. The van der Waals surface area contributed by atoms with E-state index in [0.717, 1.165) is 6.42 Å². The smallest absolute Gasteiger partial charge is 0.290 e. The Morgan fingerprint density at radius 3 is 2.76 bits per heavy atom. The molecular weight excluding hydrogens is 220 g/mol. The molecular formula is C11H14N4O2. The minimum absolute atomic E-state index is 0.204. The van der Waals surface area contributed by atoms with Crippen LogP contribution >= 0.6 is 0 Å². The van der Waals surface area contributed by atoms with Crippen LogP contribution in [0.3, 0.4) is 0 Å². The third-order valence-corrected chi connectivity index (χ3v) is 2.81. The Labute approximate surface area is 97.3 Å². The Kier molecular flexibility index (Phi) is 3.03. The van der Waals surface area contributed by atoms with Crippen molar-refractivity contribution < 1.29 is 0 Å². The van der Waals surface area contributed by atoms with E-state index in [9.17, 15) is 9.59 Å². The van der Waals surface area contributed by atoms with Gasteiger partial charge in [-0.05, 0) is 5.92 Å². The van der Waals surface area contributed by atoms with Crippen molar-refractivity contribution >= 4 is 11.2 Å². The van der Waals surface area contributed by atoms with Gasteiger partial charge in [0.1, 0.15) is 0 Å². The quantitative estimate of drug-likeness (QED) is 0.839. The van der Waals surface area contributed by atoms with Crippen molar-refractivity contribution in [1.82, 2.24) is 19.5 Å². The summed E-state index contributed by atoms with van der Waals surface area (Å²) in [5.74, 6) is 0.267. The molecule has 6 heteroatoms. The summed E-state index contributed by atoms with van der Waals surface area (Å²) in [5, 5.41) is 0. The van der Waals surface area contributed by atoms with Gasteiger partial charge in [0.15, 0.2) is 11.2 Å². The van der Waals surface area contributed by atoms with Crippen LogP contribution in [0.2, 0.25) is 0 Å². The first-order chi connectivity index (χ1) is 8.13. The van der Waals surface area contributed by atoms with Crippen molar-refractivity contribution in [3.8, 4) is 0 Å². The Morgan fingerprint density at radius 1 is 1.35 bits per heavy atom. The zero-order chi connectivity index (χ0) is 12.4. The lowest BCUT2D eigenvalue weighted by molar-refractivity contribution is 0.448. The zero-order valence-electron chi connectivity index (χ0n) is 9.80. The number of rotatable bonds is 3. The molecule has 6 nitrogen and oxygen atoms in total. The van der Waals surface area contributed by atoms with Crippen LogP contribution in [0, 0.1) is 5.92 Å². The monoisotopic (exact) mass is 234 g/mol. The van der Waals surface area contributed by atoms with Gasteiger partial charge in [-0.1, -0.05) is 20.3 Å². The normalized spacial score (nSPS) is 12.8. The van der Waals surface area contributed by atoms with Gasteiger partial charge >= 0.3 is 5.69 Å². The van der Waals surface area contributed by atoms with E-state index in [0.29, 0.717) is 6.54 Å². The molecule has 0 aliphatic carbocycles. The predicted octanol–water partition coefficient (Wildman–Crippen LogP) is 0.526. The standard InChI is InChI=1S/C11H14N4O2/c1-3-7(2)6-15-10(16)8-9(14-11(15)17)13-5-4-12-8/h4-5,7H,3,6H2,1-2H3,(H,13,14,17). The average molecular weight is 234 g/mol. The third kappa shape index (κ3) is 2.11. The predicted molar refractivity (Wildman–Crippen MR) is 63.9 cm³/mol. The van der Waals surface area contributed by atoms with E-state index in [-0.39, 0.29) is 22.6 Å². The van der Waals surface area contributed by atoms with Crippen molar-refractivity contribution in [3.63, 3.8) is 0 Å². The van der Waals surface area contributed by atoms with Crippen LogP contribution in [0.15, 0.2) is 22.0 Å². The summed E-state index contributed by atoms with van der Waals surface area (Å²) < 4.78 is 1.19. The summed E-state index contributed by atoms with van der Waals surface area (Å²) in [4.78, 5) is 34.2. The highest BCUT2D eigenvalue weighted by Gasteiger charge is 2.10. The average Bonchev–Trinajstić information content (AvgIpc) is 2.34. The van der Waals surface area contributed by atoms with Crippen molar-refractivity contribution in [2.45, 2.75) is 26.8 Å². The van der Waals surface area contributed by atoms with Gasteiger partial charge < -0.3 is 0 Å². The maximum absolute atomic E-state index is 12.0. The summed E-state index contributed by atoms with van der Waals surface area (Å²) in [7, 11) is 0. The molecule has 0 aromatic carbocycles. The van der Waals surface area contributed by atoms with Crippen LogP contribution < -0.4 is 11.2 Å². The molecule has 0 amide bonds. The Morgan fingerprint density at radius 2 is 2.06 bits per heavy atom. The first-order valence-corrected chi connectivity index (χ1v) is 5.57. The molecule has 0 fully saturated rings. The maximum Gasteiger partial charge on any atom is 0.330 e. The van der Waals surface area contributed by atoms with E-state index < -0.39 is 5.69 Å². The number of hydrogen-bond acceptors (Lipinski definition) is 4. The van der Waals surface area contributed by atoms with Crippen molar-refractivity contribution in [2.75, 3.05) is 0 Å². The van der Waals surface area contributed by atoms with Crippen molar-refractivity contribution in [2.24, 2.45) is 5.92 Å². The van der Waals surface area contributed by atoms with Crippen LogP contribution in [0.1, 0.15) is 20.3 Å². The van der Waals surface area contributed by atoms with Gasteiger partial charge in [0.05, 0.1) is 0 Å². The zero-order valence-corrected chi connectivity index (χ0v) is 9.80. The molecule has 2 aromatic rings. The van der Waals surface area contributed by atoms with Gasteiger partial charge in [-0.15, -0.1) is 0 Å². The lowest BCUT2D eigenvalue weighted by Crippen LogP contribution is -2.37. The SMILES string of the molecule is CCC(C)Cn1c(=O)[nH]c2nccnc2c1=O. The molecule has 0 bridgehead atoms. The van der Waals surface area contributed by atoms with E-state index in [4.69, 9.17) is 0 Å². The highest BCUT2D eigenvalue weighted by Crippen LogP contribution is 2.02. The number of hydrogen-bond donors (Lipinski definition) is 1. The lowest BCUT2D eigenvalue weighted by atomic mass is 10.1. The van der Waals surface area contributed by atoms with E-state index in [1.807, 2.05) is 13.8 Å². The number of aromatic nitrogens is 4. The van der Waals surface area contributed by atoms with E-state index in [1.165, 1.54) is 17.0 Å². The minimum atomic E-state index is -0.427. The molecule has 0 spiro atoms. The third-order valence-electron chi connectivity index (χ3n) is 2.81. The van der Waals surface area contributed by atoms with E-state index in [1.54, 1.807) is 0 Å². The number of aromatic amines is 1. The Balaban J connectivity index is 2.64. The largest absolute Gasteiger partial charge is 0.330 e. The number of nitrogens with one attached hydrogen (secondary N) is 1. The number of H-pyrrole nitrogens is 1. The first kappa shape index (κ1) is 11.5. The van der Waals surface area contributed by atoms with Crippen molar-refractivity contribution in [3.05, 3.63) is 33.2 Å². The fraction of sp³-hybridized carbons (Fsp3) is 0.455. The Hall–Kier alpha value is -1.98. The van der Waals surface area contributed by atoms with Crippen LogP contribution in [0.5, 0.6) is 0 Å². The Bertz CT molecular complexity index is 644. The number of fused-ring (bicyclic) bond motifs is 1. The highest BCUT2D eigenvalue weighted by molar-refractivity contribution is 5.66. The fourth-order valence-corrected chi connectivity index (χ4v) is 1.58. The fourth-order valence-electron chi connectivity index (χ4n) is 1.58. The van der Waals surface area contributed by atoms with Gasteiger partial charge in [-0.2, -0.15) is 0 Å². The molecule has 2 heterocycles.